The summed E-state index contributed by atoms with van der Waals surface area (Å²) in [5.41, 5.74) is 0. The lowest BCUT2D eigenvalue weighted by Crippen LogP contribution is -2.24. The smallest absolute Gasteiger partial charge is 0.346 e. The zero-order valence-corrected chi connectivity index (χ0v) is 12.3. The summed E-state index contributed by atoms with van der Waals surface area (Å²) in [6.07, 6.45) is 0.839. The van der Waals surface area contributed by atoms with Crippen molar-refractivity contribution in [2.45, 2.75) is 13.0 Å². The Kier molecular flexibility index (Phi) is 5.00. The molecule has 110 valence electrons. The fourth-order valence-electron chi connectivity index (χ4n) is 1.55. The summed E-state index contributed by atoms with van der Waals surface area (Å²) >= 11 is 5.75. The van der Waals surface area contributed by atoms with Crippen molar-refractivity contribution in [2.75, 3.05) is 7.11 Å². The molecule has 0 aliphatic heterocycles. The molecular formula is C15H14ClNO4. The zero-order valence-electron chi connectivity index (χ0n) is 11.6. The van der Waals surface area contributed by atoms with Crippen LogP contribution in [0.5, 0.6) is 17.4 Å². The Morgan fingerprint density at radius 3 is 2.38 bits per heavy atom. The third-order valence-electron chi connectivity index (χ3n) is 2.59. The number of carbonyl (C=O) groups is 1. The van der Waals surface area contributed by atoms with E-state index in [1.54, 1.807) is 43.3 Å². The fourth-order valence-corrected chi connectivity index (χ4v) is 1.66. The van der Waals surface area contributed by atoms with Crippen LogP contribution in [0.4, 0.5) is 0 Å². The maximum atomic E-state index is 11.3. The number of rotatable bonds is 5. The van der Waals surface area contributed by atoms with Gasteiger partial charge in [-0.1, -0.05) is 11.6 Å². The molecule has 1 heterocycles. The highest BCUT2D eigenvalue weighted by molar-refractivity contribution is 6.30. The van der Waals surface area contributed by atoms with Crippen LogP contribution in [0.3, 0.4) is 0 Å². The van der Waals surface area contributed by atoms with E-state index in [4.69, 9.17) is 21.1 Å². The molecule has 1 aromatic heterocycles. The van der Waals surface area contributed by atoms with E-state index in [1.807, 2.05) is 0 Å². The van der Waals surface area contributed by atoms with E-state index in [9.17, 15) is 4.79 Å². The van der Waals surface area contributed by atoms with Crippen LogP contribution < -0.4 is 9.47 Å². The molecule has 1 atom stereocenters. The van der Waals surface area contributed by atoms with Crippen molar-refractivity contribution in [1.82, 2.24) is 4.98 Å². The molecule has 0 radical (unpaired) electrons. The largest absolute Gasteiger partial charge is 0.479 e. The van der Waals surface area contributed by atoms with Gasteiger partial charge in [0.15, 0.2) is 6.10 Å². The maximum absolute atomic E-state index is 11.3. The third kappa shape index (κ3) is 4.36. The van der Waals surface area contributed by atoms with Crippen molar-refractivity contribution in [2.24, 2.45) is 0 Å². The maximum Gasteiger partial charge on any atom is 0.346 e. The first-order valence-electron chi connectivity index (χ1n) is 6.22. The van der Waals surface area contributed by atoms with Gasteiger partial charge in [-0.2, -0.15) is 0 Å². The van der Waals surface area contributed by atoms with Crippen molar-refractivity contribution in [3.8, 4) is 17.4 Å². The van der Waals surface area contributed by atoms with Crippen molar-refractivity contribution in [3.63, 3.8) is 0 Å². The number of halogens is 1. The molecule has 1 aromatic carbocycles. The number of hydrogen-bond donors (Lipinski definition) is 0. The minimum Gasteiger partial charge on any atom is -0.479 e. The van der Waals surface area contributed by atoms with Gasteiger partial charge in [0, 0.05) is 12.3 Å². The number of aromatic nitrogens is 1. The normalized spacial score (nSPS) is 11.6. The Bertz CT molecular complexity index is 598. The molecule has 2 aromatic rings. The molecule has 0 spiro atoms. The standard InChI is InChI=1S/C15H14ClNO4/c1-10(15(18)19-2)20-12-4-6-13(7-5-12)21-14-8-3-11(16)9-17-14/h3-10H,1-2H3/t10-/m1/s1. The first-order chi connectivity index (χ1) is 10.1. The zero-order chi connectivity index (χ0) is 15.2. The van der Waals surface area contributed by atoms with E-state index >= 15 is 0 Å². The van der Waals surface area contributed by atoms with Crippen LogP contribution in [-0.2, 0) is 9.53 Å². The second-order valence-corrected chi connectivity index (χ2v) is 4.61. The third-order valence-corrected chi connectivity index (χ3v) is 2.82. The lowest BCUT2D eigenvalue weighted by atomic mass is 10.3. The van der Waals surface area contributed by atoms with Crippen LogP contribution in [0.1, 0.15) is 6.92 Å². The van der Waals surface area contributed by atoms with Crippen LogP contribution in [-0.4, -0.2) is 24.2 Å². The lowest BCUT2D eigenvalue weighted by Gasteiger charge is -2.12. The number of hydrogen-bond acceptors (Lipinski definition) is 5. The molecule has 0 unspecified atom stereocenters. The molecule has 0 N–H and O–H groups in total. The van der Waals surface area contributed by atoms with E-state index in [-0.39, 0.29) is 0 Å². The summed E-state index contributed by atoms with van der Waals surface area (Å²) in [6.45, 7) is 1.62. The van der Waals surface area contributed by atoms with Crippen molar-refractivity contribution in [1.29, 1.82) is 0 Å². The number of ether oxygens (including phenoxy) is 3. The van der Waals surface area contributed by atoms with Crippen LogP contribution in [0, 0.1) is 0 Å². The van der Waals surface area contributed by atoms with Gasteiger partial charge in [0.1, 0.15) is 11.5 Å². The van der Waals surface area contributed by atoms with Crippen molar-refractivity contribution >= 4 is 17.6 Å². The topological polar surface area (TPSA) is 57.7 Å². The molecule has 0 aliphatic carbocycles. The summed E-state index contributed by atoms with van der Waals surface area (Å²) in [5.74, 6) is 1.16. The highest BCUT2D eigenvalue weighted by atomic mass is 35.5. The van der Waals surface area contributed by atoms with Crippen LogP contribution in [0.25, 0.3) is 0 Å². The molecule has 0 saturated heterocycles. The predicted octanol–water partition coefficient (Wildman–Crippen LogP) is 3.47. The van der Waals surface area contributed by atoms with Crippen LogP contribution in [0.2, 0.25) is 5.02 Å². The Morgan fingerprint density at radius 1 is 1.14 bits per heavy atom. The fraction of sp³-hybridized carbons (Fsp3) is 0.200. The average Bonchev–Trinajstić information content (AvgIpc) is 2.50. The SMILES string of the molecule is COC(=O)[C@@H](C)Oc1ccc(Oc2ccc(Cl)cn2)cc1. The molecule has 5 nitrogen and oxygen atoms in total. The first-order valence-corrected chi connectivity index (χ1v) is 6.60. The highest BCUT2D eigenvalue weighted by Crippen LogP contribution is 2.23. The Hall–Kier alpha value is -2.27. The number of pyridine rings is 1. The number of esters is 1. The van der Waals surface area contributed by atoms with Crippen LogP contribution >= 0.6 is 11.6 Å². The molecule has 0 aliphatic rings. The van der Waals surface area contributed by atoms with Gasteiger partial charge >= 0.3 is 5.97 Å². The summed E-state index contributed by atoms with van der Waals surface area (Å²) in [4.78, 5) is 15.3. The van der Waals surface area contributed by atoms with E-state index in [2.05, 4.69) is 9.72 Å². The number of methoxy groups -OCH3 is 1. The summed E-state index contributed by atoms with van der Waals surface area (Å²) in [7, 11) is 1.32. The molecule has 0 bridgehead atoms. The predicted molar refractivity (Wildman–Crippen MR) is 77.9 cm³/mol. The molecular weight excluding hydrogens is 294 g/mol. The second-order valence-electron chi connectivity index (χ2n) is 4.17. The van der Waals surface area contributed by atoms with Crippen molar-refractivity contribution in [3.05, 3.63) is 47.6 Å². The van der Waals surface area contributed by atoms with Gasteiger partial charge < -0.3 is 14.2 Å². The van der Waals surface area contributed by atoms with Crippen LogP contribution in [0.15, 0.2) is 42.6 Å². The van der Waals surface area contributed by atoms with E-state index in [0.29, 0.717) is 22.4 Å². The number of nitrogens with zero attached hydrogens (tertiary/aromatic N) is 1. The van der Waals surface area contributed by atoms with Gasteiger partial charge in [-0.3, -0.25) is 0 Å². The molecule has 2 rings (SSSR count). The highest BCUT2D eigenvalue weighted by Gasteiger charge is 2.14. The average molecular weight is 308 g/mol. The van der Waals surface area contributed by atoms with E-state index < -0.39 is 12.1 Å². The van der Waals surface area contributed by atoms with Gasteiger partial charge in [-0.05, 0) is 37.3 Å². The monoisotopic (exact) mass is 307 g/mol. The Labute approximate surface area is 127 Å². The van der Waals surface area contributed by atoms with E-state index in [0.717, 1.165) is 0 Å². The molecule has 0 saturated carbocycles. The molecule has 0 fully saturated rings. The number of carbonyl (C=O) groups excluding carboxylic acids is 1. The van der Waals surface area contributed by atoms with Gasteiger partial charge in [0.05, 0.1) is 12.1 Å². The van der Waals surface area contributed by atoms with Gasteiger partial charge in [0.2, 0.25) is 5.88 Å². The van der Waals surface area contributed by atoms with Gasteiger partial charge in [-0.15, -0.1) is 0 Å². The minimum absolute atomic E-state index is 0.430. The van der Waals surface area contributed by atoms with Crippen molar-refractivity contribution < 1.29 is 19.0 Å². The number of benzene rings is 1. The summed E-state index contributed by atoms with van der Waals surface area (Å²) in [5, 5.41) is 0.544. The minimum atomic E-state index is -0.667. The van der Waals surface area contributed by atoms with Gasteiger partial charge in [-0.25, -0.2) is 9.78 Å². The summed E-state index contributed by atoms with van der Waals surface area (Å²) < 4.78 is 15.6. The molecule has 21 heavy (non-hydrogen) atoms. The second kappa shape index (κ2) is 6.95. The molecule has 6 heteroatoms. The Balaban J connectivity index is 1.98. The quantitative estimate of drug-likeness (QED) is 0.792. The Morgan fingerprint density at radius 2 is 1.81 bits per heavy atom. The lowest BCUT2D eigenvalue weighted by molar-refractivity contribution is -0.147. The van der Waals surface area contributed by atoms with Gasteiger partial charge in [0.25, 0.3) is 0 Å². The summed E-state index contributed by atoms with van der Waals surface area (Å²) in [6, 6.07) is 10.2. The molecule has 0 amide bonds. The van der Waals surface area contributed by atoms with E-state index in [1.165, 1.54) is 13.3 Å². The first kappa shape index (κ1) is 15.1.